The molecule has 0 unspecified atom stereocenters. The van der Waals surface area contributed by atoms with E-state index in [0.29, 0.717) is 21.8 Å². The summed E-state index contributed by atoms with van der Waals surface area (Å²) in [5.41, 5.74) is 2.47. The highest BCUT2D eigenvalue weighted by molar-refractivity contribution is 7.99. The number of hydrogen-bond acceptors (Lipinski definition) is 6. The number of carbonyl (C=O) groups excluding carboxylic acids is 1. The van der Waals surface area contributed by atoms with Crippen molar-refractivity contribution in [2.75, 3.05) is 11.1 Å². The van der Waals surface area contributed by atoms with Crippen LogP contribution in [-0.2, 0) is 18.4 Å². The predicted molar refractivity (Wildman–Crippen MR) is 127 cm³/mol. The van der Waals surface area contributed by atoms with E-state index in [9.17, 15) is 4.79 Å². The van der Waals surface area contributed by atoms with Crippen LogP contribution in [-0.4, -0.2) is 36.2 Å². The van der Waals surface area contributed by atoms with Crippen molar-refractivity contribution in [3.05, 3.63) is 46.5 Å². The van der Waals surface area contributed by atoms with Crippen LogP contribution in [0.4, 0.5) is 5.69 Å². The zero-order valence-corrected chi connectivity index (χ0v) is 20.6. The van der Waals surface area contributed by atoms with Crippen LogP contribution >= 0.6 is 23.4 Å². The van der Waals surface area contributed by atoms with E-state index in [1.54, 1.807) is 10.7 Å². The Morgan fingerprint density at radius 3 is 2.56 bits per heavy atom. The van der Waals surface area contributed by atoms with Crippen molar-refractivity contribution >= 4 is 35.0 Å². The molecule has 1 N–H and O–H groups in total. The Bertz CT molecular complexity index is 1080. The number of ether oxygens (including phenoxy) is 1. The van der Waals surface area contributed by atoms with E-state index in [1.165, 1.54) is 11.8 Å². The van der Waals surface area contributed by atoms with E-state index in [2.05, 4.69) is 39.0 Å². The summed E-state index contributed by atoms with van der Waals surface area (Å²) >= 11 is 7.57. The Labute approximate surface area is 197 Å². The highest BCUT2D eigenvalue weighted by atomic mass is 35.5. The number of rotatable bonds is 10. The molecule has 10 heteroatoms. The fourth-order valence-corrected chi connectivity index (χ4v) is 4.50. The van der Waals surface area contributed by atoms with Crippen molar-refractivity contribution in [1.29, 1.82) is 0 Å². The van der Waals surface area contributed by atoms with Gasteiger partial charge < -0.3 is 14.6 Å². The number of halogens is 1. The van der Waals surface area contributed by atoms with Crippen LogP contribution in [0, 0.1) is 13.8 Å². The second kappa shape index (κ2) is 10.9. The van der Waals surface area contributed by atoms with Gasteiger partial charge in [-0.05, 0) is 38.8 Å². The van der Waals surface area contributed by atoms with Gasteiger partial charge in [-0.2, -0.15) is 5.10 Å². The summed E-state index contributed by atoms with van der Waals surface area (Å²) in [6, 6.07) is 7.55. The maximum Gasteiger partial charge on any atom is 0.234 e. The monoisotopic (exact) mass is 476 g/mol. The summed E-state index contributed by atoms with van der Waals surface area (Å²) in [5, 5.41) is 17.3. The van der Waals surface area contributed by atoms with Gasteiger partial charge in [0, 0.05) is 13.1 Å². The van der Waals surface area contributed by atoms with Gasteiger partial charge in [0.2, 0.25) is 5.91 Å². The van der Waals surface area contributed by atoms with Crippen LogP contribution in [0.25, 0.3) is 0 Å². The van der Waals surface area contributed by atoms with Gasteiger partial charge in [0.1, 0.15) is 12.4 Å². The Balaban J connectivity index is 1.72. The van der Waals surface area contributed by atoms with Crippen molar-refractivity contribution in [2.45, 2.75) is 58.3 Å². The average Bonchev–Trinajstić information content (AvgIpc) is 3.28. The molecule has 0 atom stereocenters. The number of benzene rings is 1. The summed E-state index contributed by atoms with van der Waals surface area (Å²) in [5.74, 6) is 1.42. The van der Waals surface area contributed by atoms with Gasteiger partial charge in [0.15, 0.2) is 11.0 Å². The van der Waals surface area contributed by atoms with Crippen molar-refractivity contribution in [1.82, 2.24) is 24.5 Å². The first kappa shape index (κ1) is 24.1. The number of aryl methyl sites for hydroxylation is 2. The molecule has 1 aromatic carbocycles. The lowest BCUT2D eigenvalue weighted by Gasteiger charge is -2.19. The Kier molecular flexibility index (Phi) is 8.20. The van der Waals surface area contributed by atoms with E-state index >= 15 is 0 Å². The minimum absolute atomic E-state index is 0.109. The summed E-state index contributed by atoms with van der Waals surface area (Å²) in [6.07, 6.45) is 1.84. The van der Waals surface area contributed by atoms with E-state index in [4.69, 9.17) is 16.3 Å². The smallest absolute Gasteiger partial charge is 0.234 e. The molecule has 32 heavy (non-hydrogen) atoms. The lowest BCUT2D eigenvalue weighted by molar-refractivity contribution is -0.113. The Hall–Kier alpha value is -2.52. The van der Waals surface area contributed by atoms with Crippen LogP contribution in [0.2, 0.25) is 5.02 Å². The zero-order chi connectivity index (χ0) is 23.3. The highest BCUT2D eigenvalue weighted by Gasteiger charge is 2.21. The van der Waals surface area contributed by atoms with Crippen molar-refractivity contribution in [2.24, 2.45) is 7.05 Å². The third kappa shape index (κ3) is 5.45. The van der Waals surface area contributed by atoms with Gasteiger partial charge in [0.05, 0.1) is 27.9 Å². The molecular weight excluding hydrogens is 448 g/mol. The van der Waals surface area contributed by atoms with E-state index in [1.807, 2.05) is 39.1 Å². The molecule has 0 radical (unpaired) electrons. The van der Waals surface area contributed by atoms with Crippen molar-refractivity contribution < 1.29 is 9.53 Å². The topological polar surface area (TPSA) is 86.9 Å². The maximum atomic E-state index is 12.6. The summed E-state index contributed by atoms with van der Waals surface area (Å²) < 4.78 is 9.73. The molecule has 0 fully saturated rings. The molecule has 0 aliphatic carbocycles. The number of nitrogens with zero attached hydrogens (tertiary/aromatic N) is 5. The second-order valence-corrected chi connectivity index (χ2v) is 8.81. The van der Waals surface area contributed by atoms with Gasteiger partial charge in [-0.1, -0.05) is 49.3 Å². The van der Waals surface area contributed by atoms with Crippen LogP contribution in [0.5, 0.6) is 5.75 Å². The molecule has 0 saturated heterocycles. The van der Waals surface area contributed by atoms with Crippen LogP contribution in [0.1, 0.15) is 49.9 Å². The third-order valence-electron chi connectivity index (χ3n) is 5.34. The fourth-order valence-electron chi connectivity index (χ4n) is 3.49. The lowest BCUT2D eigenvalue weighted by atomic mass is 10.2. The average molecular weight is 477 g/mol. The van der Waals surface area contributed by atoms with Crippen molar-refractivity contribution in [3.63, 3.8) is 0 Å². The summed E-state index contributed by atoms with van der Waals surface area (Å²) in [4.78, 5) is 12.6. The van der Waals surface area contributed by atoms with Crippen LogP contribution in [0.3, 0.4) is 0 Å². The Morgan fingerprint density at radius 2 is 1.94 bits per heavy atom. The number of anilines is 1. The molecule has 2 aromatic heterocycles. The van der Waals surface area contributed by atoms with E-state index in [-0.39, 0.29) is 24.3 Å². The Morgan fingerprint density at radius 1 is 1.22 bits per heavy atom. The number of carbonyl (C=O) groups is 1. The number of amides is 1. The van der Waals surface area contributed by atoms with Crippen molar-refractivity contribution in [3.8, 4) is 5.75 Å². The summed E-state index contributed by atoms with van der Waals surface area (Å²) in [7, 11) is 1.86. The fraction of sp³-hybridized carbons (Fsp3) is 0.455. The normalized spacial score (nSPS) is 11.2. The molecule has 8 nitrogen and oxygen atoms in total. The van der Waals surface area contributed by atoms with Crippen LogP contribution in [0.15, 0.2) is 29.4 Å². The van der Waals surface area contributed by atoms with Gasteiger partial charge in [-0.15, -0.1) is 10.2 Å². The number of hydrogen-bond donors (Lipinski definition) is 1. The van der Waals surface area contributed by atoms with E-state index < -0.39 is 0 Å². The number of thioether (sulfide) groups is 1. The number of aromatic nitrogens is 5. The molecule has 172 valence electrons. The summed E-state index contributed by atoms with van der Waals surface area (Å²) in [6.45, 7) is 8.31. The maximum absolute atomic E-state index is 12.6. The molecular formula is C22H29ClN6O2S. The molecule has 1 amide bonds. The highest BCUT2D eigenvalue weighted by Crippen LogP contribution is 2.28. The molecule has 0 saturated carbocycles. The SMILES string of the molecule is CCC(CC)n1c(COc2ccccc2Cl)nnc1SCC(=O)Nc1c(C)nn(C)c1C. The standard InChI is InChI=1S/C22H29ClN6O2S/c1-6-16(7-2)29-19(12-31-18-11-9-8-10-17(18)23)25-26-22(29)32-13-20(30)24-21-14(3)27-28(5)15(21)4/h8-11,16H,6-7,12-13H2,1-5H3,(H,24,30). The third-order valence-corrected chi connectivity index (χ3v) is 6.60. The second-order valence-electron chi connectivity index (χ2n) is 7.46. The molecule has 2 heterocycles. The zero-order valence-electron chi connectivity index (χ0n) is 19.1. The van der Waals surface area contributed by atoms with Gasteiger partial charge in [0.25, 0.3) is 0 Å². The van der Waals surface area contributed by atoms with Crippen LogP contribution < -0.4 is 10.1 Å². The minimum atomic E-state index is -0.109. The number of nitrogens with one attached hydrogen (secondary N) is 1. The first-order valence-electron chi connectivity index (χ1n) is 10.6. The first-order valence-corrected chi connectivity index (χ1v) is 12.0. The largest absolute Gasteiger partial charge is 0.484 e. The molecule has 3 rings (SSSR count). The molecule has 0 aliphatic rings. The van der Waals surface area contributed by atoms with Gasteiger partial charge in [-0.25, -0.2) is 0 Å². The predicted octanol–water partition coefficient (Wildman–Crippen LogP) is 4.95. The molecule has 0 bridgehead atoms. The molecule has 0 spiro atoms. The minimum Gasteiger partial charge on any atom is -0.484 e. The quantitative estimate of drug-likeness (QED) is 0.416. The lowest BCUT2D eigenvalue weighted by Crippen LogP contribution is -2.17. The molecule has 3 aromatic rings. The first-order chi connectivity index (χ1) is 15.3. The van der Waals surface area contributed by atoms with E-state index in [0.717, 1.165) is 29.9 Å². The molecule has 0 aliphatic heterocycles. The van der Waals surface area contributed by atoms with Gasteiger partial charge >= 0.3 is 0 Å². The van der Waals surface area contributed by atoms with Gasteiger partial charge in [-0.3, -0.25) is 9.48 Å². The number of para-hydroxylation sites is 1.